The van der Waals surface area contributed by atoms with Gasteiger partial charge in [0.05, 0.1) is 26.0 Å². The van der Waals surface area contributed by atoms with Crippen LogP contribution in [0.25, 0.3) is 0 Å². The molecule has 114 valence electrons. The van der Waals surface area contributed by atoms with Crippen molar-refractivity contribution in [3.8, 4) is 0 Å². The molecule has 0 saturated carbocycles. The standard InChI is InChI=1S/C13H14Cl2N2O2S2/c1-7-5-9(6-10(16)13(7)15)21(18,19)17-8(2)11-3-4-12(14)20-11/h3-6,8,17H,16H2,1-2H3. The van der Waals surface area contributed by atoms with Crippen molar-refractivity contribution in [1.29, 1.82) is 0 Å². The lowest BCUT2D eigenvalue weighted by atomic mass is 10.2. The van der Waals surface area contributed by atoms with Crippen LogP contribution in [-0.2, 0) is 10.0 Å². The van der Waals surface area contributed by atoms with Crippen LogP contribution in [0, 0.1) is 6.92 Å². The van der Waals surface area contributed by atoms with Gasteiger partial charge in [-0.1, -0.05) is 23.2 Å². The van der Waals surface area contributed by atoms with Crippen molar-refractivity contribution in [2.45, 2.75) is 24.8 Å². The average Bonchev–Trinajstić information content (AvgIpc) is 2.81. The molecule has 2 aromatic rings. The van der Waals surface area contributed by atoms with E-state index in [-0.39, 0.29) is 16.6 Å². The van der Waals surface area contributed by atoms with Gasteiger partial charge in [0, 0.05) is 4.88 Å². The number of nitrogens with two attached hydrogens (primary N) is 1. The molecule has 1 unspecified atom stereocenters. The first-order valence-electron chi connectivity index (χ1n) is 6.04. The molecule has 1 heterocycles. The van der Waals surface area contributed by atoms with E-state index in [0.717, 1.165) is 4.88 Å². The number of thiophene rings is 1. The predicted molar refractivity (Wildman–Crippen MR) is 88.7 cm³/mol. The summed E-state index contributed by atoms with van der Waals surface area (Å²) in [5.41, 5.74) is 6.58. The minimum absolute atomic E-state index is 0.0939. The Morgan fingerprint density at radius 2 is 1.95 bits per heavy atom. The lowest BCUT2D eigenvalue weighted by molar-refractivity contribution is 0.568. The largest absolute Gasteiger partial charge is 0.397 e. The van der Waals surface area contributed by atoms with Gasteiger partial charge in [-0.2, -0.15) is 0 Å². The van der Waals surface area contributed by atoms with Crippen molar-refractivity contribution in [2.75, 3.05) is 5.73 Å². The summed E-state index contributed by atoms with van der Waals surface area (Å²) in [7, 11) is -3.69. The monoisotopic (exact) mass is 364 g/mol. The molecular weight excluding hydrogens is 351 g/mol. The van der Waals surface area contributed by atoms with Gasteiger partial charge in [-0.05, 0) is 43.7 Å². The number of nitrogen functional groups attached to an aromatic ring is 1. The second kappa shape index (κ2) is 6.14. The lowest BCUT2D eigenvalue weighted by Gasteiger charge is -2.14. The SMILES string of the molecule is Cc1cc(S(=O)(=O)NC(C)c2ccc(Cl)s2)cc(N)c1Cl. The van der Waals surface area contributed by atoms with Gasteiger partial charge in [0.1, 0.15) is 0 Å². The number of benzene rings is 1. The fraction of sp³-hybridized carbons (Fsp3) is 0.231. The molecule has 0 amide bonds. The molecule has 2 rings (SSSR count). The van der Waals surface area contributed by atoms with E-state index in [4.69, 9.17) is 28.9 Å². The fourth-order valence-corrected chi connectivity index (χ4v) is 4.43. The Bertz CT molecular complexity index is 749. The molecule has 0 aliphatic heterocycles. The van der Waals surface area contributed by atoms with Crippen LogP contribution in [0.15, 0.2) is 29.2 Å². The molecular formula is C13H14Cl2N2O2S2. The molecule has 8 heteroatoms. The van der Waals surface area contributed by atoms with Crippen molar-refractivity contribution in [3.05, 3.63) is 44.1 Å². The molecule has 0 saturated heterocycles. The third kappa shape index (κ3) is 3.70. The van der Waals surface area contributed by atoms with Crippen LogP contribution in [0.1, 0.15) is 23.4 Å². The van der Waals surface area contributed by atoms with Gasteiger partial charge in [-0.15, -0.1) is 11.3 Å². The van der Waals surface area contributed by atoms with Crippen LogP contribution in [0.4, 0.5) is 5.69 Å². The summed E-state index contributed by atoms with van der Waals surface area (Å²) in [5, 5.41) is 0.368. The number of nitrogens with one attached hydrogen (secondary N) is 1. The maximum absolute atomic E-state index is 12.4. The van der Waals surface area contributed by atoms with E-state index >= 15 is 0 Å². The van der Waals surface area contributed by atoms with Crippen LogP contribution >= 0.6 is 34.5 Å². The zero-order valence-electron chi connectivity index (χ0n) is 11.4. The highest BCUT2D eigenvalue weighted by Crippen LogP contribution is 2.30. The van der Waals surface area contributed by atoms with Gasteiger partial charge in [0.15, 0.2) is 0 Å². The van der Waals surface area contributed by atoms with Gasteiger partial charge < -0.3 is 5.73 Å². The Morgan fingerprint density at radius 3 is 2.48 bits per heavy atom. The topological polar surface area (TPSA) is 72.2 Å². The minimum Gasteiger partial charge on any atom is -0.397 e. The van der Waals surface area contributed by atoms with Gasteiger partial charge in [-0.3, -0.25) is 0 Å². The Labute approximate surface area is 137 Å². The van der Waals surface area contributed by atoms with Crippen LogP contribution < -0.4 is 10.5 Å². The van der Waals surface area contributed by atoms with E-state index in [1.54, 1.807) is 26.0 Å². The van der Waals surface area contributed by atoms with Crippen molar-refractivity contribution in [3.63, 3.8) is 0 Å². The molecule has 21 heavy (non-hydrogen) atoms. The molecule has 3 N–H and O–H groups in total. The smallest absolute Gasteiger partial charge is 0.241 e. The van der Waals surface area contributed by atoms with Gasteiger partial charge in [0.2, 0.25) is 10.0 Å². The number of rotatable bonds is 4. The molecule has 0 fully saturated rings. The third-order valence-corrected chi connectivity index (χ3v) is 6.37. The Morgan fingerprint density at radius 1 is 1.29 bits per heavy atom. The van der Waals surface area contributed by atoms with E-state index in [1.165, 1.54) is 23.5 Å². The van der Waals surface area contributed by atoms with Gasteiger partial charge in [-0.25, -0.2) is 13.1 Å². The summed E-state index contributed by atoms with van der Waals surface area (Å²) in [5.74, 6) is 0. The van der Waals surface area contributed by atoms with Crippen molar-refractivity contribution in [2.24, 2.45) is 0 Å². The highest BCUT2D eigenvalue weighted by atomic mass is 35.5. The number of aryl methyl sites for hydroxylation is 1. The van der Waals surface area contributed by atoms with Crippen molar-refractivity contribution >= 4 is 50.2 Å². The maximum atomic E-state index is 12.4. The second-order valence-corrected chi connectivity index (χ2v) is 8.47. The van der Waals surface area contributed by atoms with Crippen LogP contribution in [-0.4, -0.2) is 8.42 Å². The summed E-state index contributed by atoms with van der Waals surface area (Å²) in [6.45, 7) is 3.46. The highest BCUT2D eigenvalue weighted by molar-refractivity contribution is 7.89. The average molecular weight is 365 g/mol. The summed E-state index contributed by atoms with van der Waals surface area (Å²) < 4.78 is 28.0. The van der Waals surface area contributed by atoms with Gasteiger partial charge >= 0.3 is 0 Å². The van der Waals surface area contributed by atoms with Crippen molar-refractivity contribution in [1.82, 2.24) is 4.72 Å². The quantitative estimate of drug-likeness (QED) is 0.805. The number of hydrogen-bond acceptors (Lipinski definition) is 4. The molecule has 0 aliphatic rings. The van der Waals surface area contributed by atoms with Gasteiger partial charge in [0.25, 0.3) is 0 Å². The molecule has 0 spiro atoms. The summed E-state index contributed by atoms with van der Waals surface area (Å²) in [6, 6.07) is 5.99. The molecule has 0 radical (unpaired) electrons. The summed E-state index contributed by atoms with van der Waals surface area (Å²) in [6.07, 6.45) is 0. The van der Waals surface area contributed by atoms with Crippen LogP contribution in [0.3, 0.4) is 0 Å². The molecule has 1 aromatic carbocycles. The molecule has 0 aliphatic carbocycles. The predicted octanol–water partition coefficient (Wildman–Crippen LogP) is 3.99. The number of sulfonamides is 1. The van der Waals surface area contributed by atoms with Crippen molar-refractivity contribution < 1.29 is 8.42 Å². The highest BCUT2D eigenvalue weighted by Gasteiger charge is 2.21. The molecule has 1 aromatic heterocycles. The zero-order chi connectivity index (χ0) is 15.8. The van der Waals surface area contributed by atoms with E-state index < -0.39 is 10.0 Å². The summed E-state index contributed by atoms with van der Waals surface area (Å²) >= 11 is 13.1. The number of halogens is 2. The summed E-state index contributed by atoms with van der Waals surface area (Å²) in [4.78, 5) is 0.929. The Kier molecular flexibility index (Phi) is 4.85. The first kappa shape index (κ1) is 16.6. The van der Waals surface area contributed by atoms with E-state index in [2.05, 4.69) is 4.72 Å². The third-order valence-electron chi connectivity index (χ3n) is 2.92. The number of hydrogen-bond donors (Lipinski definition) is 2. The first-order chi connectivity index (χ1) is 9.70. The number of anilines is 1. The van der Waals surface area contributed by atoms with E-state index in [1.807, 2.05) is 0 Å². The zero-order valence-corrected chi connectivity index (χ0v) is 14.5. The molecule has 0 bridgehead atoms. The lowest BCUT2D eigenvalue weighted by Crippen LogP contribution is -2.26. The van der Waals surface area contributed by atoms with Crippen LogP contribution in [0.5, 0.6) is 0 Å². The maximum Gasteiger partial charge on any atom is 0.241 e. The first-order valence-corrected chi connectivity index (χ1v) is 9.09. The minimum atomic E-state index is -3.69. The normalized spacial score (nSPS) is 13.3. The van der Waals surface area contributed by atoms with Crippen LogP contribution in [0.2, 0.25) is 9.36 Å². The fourth-order valence-electron chi connectivity index (χ4n) is 1.84. The molecule has 1 atom stereocenters. The Balaban J connectivity index is 2.30. The van der Waals surface area contributed by atoms with E-state index in [9.17, 15) is 8.42 Å². The molecule has 4 nitrogen and oxygen atoms in total. The Hall–Kier alpha value is -0.790. The second-order valence-electron chi connectivity index (χ2n) is 4.63. The van der Waals surface area contributed by atoms with E-state index in [0.29, 0.717) is 14.9 Å².